The Morgan fingerprint density at radius 3 is 2.00 bits per heavy atom. The van der Waals surface area contributed by atoms with E-state index in [1.165, 1.54) is 11.1 Å². The number of furan rings is 1. The molecule has 0 radical (unpaired) electrons. The molecule has 182 valence electrons. The van der Waals surface area contributed by atoms with Crippen LogP contribution in [0.5, 0.6) is 0 Å². The van der Waals surface area contributed by atoms with Crippen molar-refractivity contribution in [3.05, 3.63) is 126 Å². The molecule has 0 aliphatic rings. The summed E-state index contributed by atoms with van der Waals surface area (Å²) in [4.78, 5) is 0. The molecule has 0 amide bonds. The first-order valence-corrected chi connectivity index (χ1v) is 12.6. The standard InChI is InChI=1S/C34H29FNO/c1-22-13-18-26-27-19-20-28(35)31(33(27)37-32(26)30(22)29-12-8-9-21-36(29)4)23-14-16-25(17-15-23)34(2,3)24-10-6-5-7-11-24/h5-21H,1-4H3/q+1. The van der Waals surface area contributed by atoms with Gasteiger partial charge >= 0.3 is 0 Å². The van der Waals surface area contributed by atoms with E-state index in [1.54, 1.807) is 6.07 Å². The van der Waals surface area contributed by atoms with Crippen LogP contribution in [0.3, 0.4) is 0 Å². The molecular formula is C34H29FNO+. The van der Waals surface area contributed by atoms with Gasteiger partial charge in [-0.1, -0.05) is 80.6 Å². The van der Waals surface area contributed by atoms with Crippen molar-refractivity contribution in [3.8, 4) is 22.4 Å². The molecule has 0 fully saturated rings. The van der Waals surface area contributed by atoms with Crippen LogP contribution in [-0.4, -0.2) is 0 Å². The molecule has 0 saturated carbocycles. The number of benzene rings is 4. The third kappa shape index (κ3) is 3.74. The van der Waals surface area contributed by atoms with Crippen LogP contribution in [-0.2, 0) is 12.5 Å². The van der Waals surface area contributed by atoms with Crippen molar-refractivity contribution >= 4 is 21.9 Å². The van der Waals surface area contributed by atoms with Gasteiger partial charge < -0.3 is 4.42 Å². The Hall–Kier alpha value is -4.24. The molecular weight excluding hydrogens is 457 g/mol. The van der Waals surface area contributed by atoms with Crippen LogP contribution >= 0.6 is 0 Å². The third-order valence-electron chi connectivity index (χ3n) is 7.67. The predicted molar refractivity (Wildman–Crippen MR) is 149 cm³/mol. The Labute approximate surface area is 216 Å². The topological polar surface area (TPSA) is 17.0 Å². The summed E-state index contributed by atoms with van der Waals surface area (Å²) in [7, 11) is 2.03. The first kappa shape index (κ1) is 23.2. The molecule has 2 aromatic heterocycles. The number of hydrogen-bond acceptors (Lipinski definition) is 1. The van der Waals surface area contributed by atoms with Crippen LogP contribution in [0.15, 0.2) is 108 Å². The zero-order chi connectivity index (χ0) is 25.7. The Morgan fingerprint density at radius 2 is 1.30 bits per heavy atom. The van der Waals surface area contributed by atoms with Crippen LogP contribution in [0.2, 0.25) is 0 Å². The van der Waals surface area contributed by atoms with Crippen LogP contribution in [0.4, 0.5) is 4.39 Å². The highest BCUT2D eigenvalue weighted by Gasteiger charge is 2.25. The maximum absolute atomic E-state index is 15.4. The summed E-state index contributed by atoms with van der Waals surface area (Å²) in [6.07, 6.45) is 2.03. The summed E-state index contributed by atoms with van der Waals surface area (Å²) < 4.78 is 24.1. The lowest BCUT2D eigenvalue weighted by Gasteiger charge is -2.26. The molecule has 2 heterocycles. The monoisotopic (exact) mass is 486 g/mol. The summed E-state index contributed by atoms with van der Waals surface area (Å²) in [5.41, 5.74) is 8.11. The second-order valence-corrected chi connectivity index (χ2v) is 10.3. The molecule has 0 unspecified atom stereocenters. The molecule has 4 aromatic carbocycles. The first-order chi connectivity index (χ1) is 17.9. The fourth-order valence-corrected chi connectivity index (χ4v) is 5.42. The summed E-state index contributed by atoms with van der Waals surface area (Å²) in [5, 5.41) is 1.91. The zero-order valence-corrected chi connectivity index (χ0v) is 21.5. The highest BCUT2D eigenvalue weighted by atomic mass is 19.1. The minimum atomic E-state index is -0.287. The normalized spacial score (nSPS) is 11.9. The van der Waals surface area contributed by atoms with Crippen molar-refractivity contribution in [2.24, 2.45) is 7.05 Å². The molecule has 3 heteroatoms. The minimum Gasteiger partial charge on any atom is -0.454 e. The van der Waals surface area contributed by atoms with E-state index in [4.69, 9.17) is 4.42 Å². The van der Waals surface area contributed by atoms with Gasteiger partial charge in [-0.15, -0.1) is 0 Å². The molecule has 0 saturated heterocycles. The quantitative estimate of drug-likeness (QED) is 0.228. The molecule has 0 aliphatic heterocycles. The van der Waals surface area contributed by atoms with E-state index in [1.807, 2.05) is 49.6 Å². The van der Waals surface area contributed by atoms with Gasteiger partial charge in [-0.2, -0.15) is 0 Å². The van der Waals surface area contributed by atoms with Crippen molar-refractivity contribution in [2.45, 2.75) is 26.2 Å². The molecule has 37 heavy (non-hydrogen) atoms. The lowest BCUT2D eigenvalue weighted by atomic mass is 9.78. The van der Waals surface area contributed by atoms with Gasteiger partial charge in [0, 0.05) is 28.3 Å². The van der Waals surface area contributed by atoms with Gasteiger partial charge in [0.15, 0.2) is 6.20 Å². The molecule has 0 spiro atoms. The average molecular weight is 487 g/mol. The molecule has 0 aliphatic carbocycles. The van der Waals surface area contributed by atoms with Gasteiger partial charge in [0.2, 0.25) is 5.69 Å². The third-order valence-corrected chi connectivity index (χ3v) is 7.67. The maximum atomic E-state index is 15.4. The van der Waals surface area contributed by atoms with Crippen molar-refractivity contribution < 1.29 is 13.4 Å². The number of aromatic nitrogens is 1. The number of aryl methyl sites for hydroxylation is 2. The van der Waals surface area contributed by atoms with Crippen LogP contribution < -0.4 is 4.57 Å². The minimum absolute atomic E-state index is 0.165. The van der Waals surface area contributed by atoms with E-state index in [-0.39, 0.29) is 11.2 Å². The number of hydrogen-bond donors (Lipinski definition) is 0. The Balaban J connectivity index is 1.53. The predicted octanol–water partition coefficient (Wildman–Crippen LogP) is 8.52. The lowest BCUT2D eigenvalue weighted by molar-refractivity contribution is -0.660. The Kier molecular flexibility index (Phi) is 5.45. The smallest absolute Gasteiger partial charge is 0.216 e. The largest absolute Gasteiger partial charge is 0.454 e. The van der Waals surface area contributed by atoms with Crippen molar-refractivity contribution in [2.75, 3.05) is 0 Å². The first-order valence-electron chi connectivity index (χ1n) is 12.6. The van der Waals surface area contributed by atoms with Crippen LogP contribution in [0.25, 0.3) is 44.3 Å². The van der Waals surface area contributed by atoms with Crippen LogP contribution in [0.1, 0.15) is 30.5 Å². The fourth-order valence-electron chi connectivity index (χ4n) is 5.42. The Morgan fingerprint density at radius 1 is 0.676 bits per heavy atom. The van der Waals surface area contributed by atoms with Gasteiger partial charge in [0.05, 0.1) is 11.1 Å². The fraction of sp³-hybridized carbons (Fsp3) is 0.147. The van der Waals surface area contributed by atoms with Gasteiger partial charge in [-0.3, -0.25) is 0 Å². The van der Waals surface area contributed by atoms with Crippen molar-refractivity contribution in [1.82, 2.24) is 0 Å². The van der Waals surface area contributed by atoms with E-state index in [9.17, 15) is 0 Å². The van der Waals surface area contributed by atoms with Crippen molar-refractivity contribution in [3.63, 3.8) is 0 Å². The highest BCUT2D eigenvalue weighted by Crippen LogP contribution is 2.42. The second kappa shape index (κ2) is 8.70. The molecule has 6 aromatic rings. The van der Waals surface area contributed by atoms with Gasteiger partial charge in [0.1, 0.15) is 24.0 Å². The number of pyridine rings is 1. The highest BCUT2D eigenvalue weighted by molar-refractivity contribution is 6.13. The van der Waals surface area contributed by atoms with E-state index in [0.29, 0.717) is 11.1 Å². The summed E-state index contributed by atoms with van der Waals surface area (Å²) in [6, 6.07) is 32.4. The second-order valence-electron chi connectivity index (χ2n) is 10.3. The van der Waals surface area contributed by atoms with E-state index in [2.05, 4.69) is 79.9 Å². The van der Waals surface area contributed by atoms with Gasteiger partial charge in [-0.25, -0.2) is 8.96 Å². The molecule has 2 nitrogen and oxygen atoms in total. The number of nitrogens with zero attached hydrogens (tertiary/aromatic N) is 1. The molecule has 6 rings (SSSR count). The summed E-state index contributed by atoms with van der Waals surface area (Å²) in [6.45, 7) is 6.51. The average Bonchev–Trinajstić information content (AvgIpc) is 3.28. The van der Waals surface area contributed by atoms with Gasteiger partial charge in [-0.05, 0) is 47.4 Å². The van der Waals surface area contributed by atoms with Gasteiger partial charge in [0.25, 0.3) is 0 Å². The summed E-state index contributed by atoms with van der Waals surface area (Å²) in [5.74, 6) is -0.287. The van der Waals surface area contributed by atoms with Crippen molar-refractivity contribution in [1.29, 1.82) is 0 Å². The number of fused-ring (bicyclic) bond motifs is 3. The molecule has 0 bridgehead atoms. The lowest BCUT2D eigenvalue weighted by Crippen LogP contribution is -2.30. The summed E-state index contributed by atoms with van der Waals surface area (Å²) >= 11 is 0. The van der Waals surface area contributed by atoms with Crippen LogP contribution in [0, 0.1) is 12.7 Å². The van der Waals surface area contributed by atoms with E-state index in [0.717, 1.165) is 38.7 Å². The van der Waals surface area contributed by atoms with E-state index >= 15 is 4.39 Å². The molecule has 0 atom stereocenters. The number of halogens is 1. The van der Waals surface area contributed by atoms with E-state index < -0.39 is 0 Å². The zero-order valence-electron chi connectivity index (χ0n) is 21.5. The molecule has 0 N–H and O–H groups in total. The maximum Gasteiger partial charge on any atom is 0.216 e. The number of rotatable bonds is 4. The Bertz CT molecular complexity index is 1760. The SMILES string of the molecule is Cc1ccc2c(oc3c(-c4ccc(C(C)(C)c5ccccc5)cc4)c(F)ccc32)c1-c1cccc[n+]1C.